The smallest absolute Gasteiger partial charge is 0.338 e. The van der Waals surface area contributed by atoms with Crippen LogP contribution in [0.4, 0.5) is 8.78 Å². The summed E-state index contributed by atoms with van der Waals surface area (Å²) in [6.07, 6.45) is -5.58. The Morgan fingerprint density at radius 1 is 1.08 bits per heavy atom. The maximum Gasteiger partial charge on any atom is 0.338 e. The molecule has 0 amide bonds. The van der Waals surface area contributed by atoms with Crippen LogP contribution in [-0.4, -0.2) is 42.1 Å². The minimum atomic E-state index is -3.73. The fraction of sp³-hybridized carbons (Fsp3) is 0.316. The highest BCUT2D eigenvalue weighted by molar-refractivity contribution is 5.89. The van der Waals surface area contributed by atoms with E-state index in [9.17, 15) is 18.7 Å². The van der Waals surface area contributed by atoms with Crippen molar-refractivity contribution in [2.45, 2.75) is 31.0 Å². The van der Waals surface area contributed by atoms with E-state index in [0.29, 0.717) is 0 Å². The van der Waals surface area contributed by atoms with E-state index in [4.69, 9.17) is 14.2 Å². The van der Waals surface area contributed by atoms with Gasteiger partial charge in [-0.2, -0.15) is 8.78 Å². The van der Waals surface area contributed by atoms with Gasteiger partial charge in [-0.05, 0) is 17.7 Å². The lowest BCUT2D eigenvalue weighted by molar-refractivity contribution is -0.199. The van der Waals surface area contributed by atoms with Gasteiger partial charge in [-0.25, -0.2) is 4.79 Å². The van der Waals surface area contributed by atoms with Crippen LogP contribution in [0, 0.1) is 0 Å². The quantitative estimate of drug-likeness (QED) is 0.799. The van der Waals surface area contributed by atoms with Crippen LogP contribution in [0.25, 0.3) is 0 Å². The van der Waals surface area contributed by atoms with Crippen LogP contribution in [0.2, 0.25) is 0 Å². The molecule has 5 nitrogen and oxygen atoms in total. The minimum Gasteiger partial charge on any atom is -0.449 e. The second kappa shape index (κ2) is 7.90. The molecule has 2 aromatic rings. The zero-order valence-electron chi connectivity index (χ0n) is 13.8. The topological polar surface area (TPSA) is 65.0 Å². The predicted molar refractivity (Wildman–Crippen MR) is 87.6 cm³/mol. The highest BCUT2D eigenvalue weighted by atomic mass is 19.3. The Kier molecular flexibility index (Phi) is 5.61. The highest BCUT2D eigenvalue weighted by Gasteiger charge is 2.61. The predicted octanol–water partition coefficient (Wildman–Crippen LogP) is 2.78. The van der Waals surface area contributed by atoms with Crippen LogP contribution in [0.3, 0.4) is 0 Å². The largest absolute Gasteiger partial charge is 0.449 e. The third kappa shape index (κ3) is 4.07. The van der Waals surface area contributed by atoms with E-state index >= 15 is 0 Å². The summed E-state index contributed by atoms with van der Waals surface area (Å²) in [6, 6.07) is 16.9. The SMILES string of the molecule is O=C(O[C@@H]1[C@@H](COCc2ccccc2)O[C@@H](O)C1(F)F)c1ccccc1. The van der Waals surface area contributed by atoms with Crippen molar-refractivity contribution in [2.24, 2.45) is 0 Å². The van der Waals surface area contributed by atoms with Crippen LogP contribution < -0.4 is 0 Å². The Labute approximate surface area is 149 Å². The lowest BCUT2D eigenvalue weighted by atomic mass is 10.1. The molecule has 0 aromatic heterocycles. The second-order valence-electron chi connectivity index (χ2n) is 5.89. The molecule has 1 saturated heterocycles. The zero-order chi connectivity index (χ0) is 18.6. The fourth-order valence-electron chi connectivity index (χ4n) is 2.62. The third-order valence-corrected chi connectivity index (χ3v) is 3.99. The van der Waals surface area contributed by atoms with Crippen molar-refractivity contribution in [1.29, 1.82) is 0 Å². The van der Waals surface area contributed by atoms with Crippen molar-refractivity contribution in [1.82, 2.24) is 0 Å². The molecule has 3 atom stereocenters. The van der Waals surface area contributed by atoms with Gasteiger partial charge < -0.3 is 19.3 Å². The molecular formula is C19H18F2O5. The van der Waals surface area contributed by atoms with Gasteiger partial charge in [0, 0.05) is 0 Å². The summed E-state index contributed by atoms with van der Waals surface area (Å²) in [6.45, 7) is -0.0734. The van der Waals surface area contributed by atoms with Gasteiger partial charge >= 0.3 is 11.9 Å². The molecule has 1 aliphatic heterocycles. The first-order valence-corrected chi connectivity index (χ1v) is 8.07. The van der Waals surface area contributed by atoms with Crippen molar-refractivity contribution in [2.75, 3.05) is 6.61 Å². The Morgan fingerprint density at radius 2 is 1.69 bits per heavy atom. The van der Waals surface area contributed by atoms with Crippen LogP contribution in [0.1, 0.15) is 15.9 Å². The molecule has 3 rings (SSSR count). The van der Waals surface area contributed by atoms with E-state index in [0.717, 1.165) is 5.56 Å². The van der Waals surface area contributed by atoms with Gasteiger partial charge in [0.2, 0.25) is 6.29 Å². The van der Waals surface area contributed by atoms with E-state index < -0.39 is 30.4 Å². The van der Waals surface area contributed by atoms with E-state index in [1.54, 1.807) is 18.2 Å². The Bertz CT molecular complexity index is 723. The van der Waals surface area contributed by atoms with Crippen molar-refractivity contribution in [3.8, 4) is 0 Å². The summed E-state index contributed by atoms with van der Waals surface area (Å²) in [5, 5.41) is 9.48. The van der Waals surface area contributed by atoms with Crippen molar-refractivity contribution in [3.63, 3.8) is 0 Å². The van der Waals surface area contributed by atoms with E-state index in [1.807, 2.05) is 30.3 Å². The summed E-state index contributed by atoms with van der Waals surface area (Å²) in [5.74, 6) is -4.65. The molecule has 1 aliphatic rings. The van der Waals surface area contributed by atoms with Gasteiger partial charge in [-0.3, -0.25) is 0 Å². The van der Waals surface area contributed by atoms with Gasteiger partial charge in [-0.15, -0.1) is 0 Å². The lowest BCUT2D eigenvalue weighted by Gasteiger charge is -2.22. The number of carbonyl (C=O) groups excluding carboxylic acids is 1. The van der Waals surface area contributed by atoms with E-state index in [1.165, 1.54) is 12.1 Å². The third-order valence-electron chi connectivity index (χ3n) is 3.99. The molecule has 26 heavy (non-hydrogen) atoms. The maximum atomic E-state index is 14.2. The summed E-state index contributed by atoms with van der Waals surface area (Å²) in [7, 11) is 0. The first-order valence-electron chi connectivity index (χ1n) is 8.07. The minimum absolute atomic E-state index is 0.133. The standard InChI is InChI=1S/C19H18F2O5/c20-19(21)16(26-17(22)14-9-5-2-6-10-14)15(25-18(19)23)12-24-11-13-7-3-1-4-8-13/h1-10,15-16,18,23H,11-12H2/t15-,16-,18-/m1/s1. The number of benzene rings is 2. The van der Waals surface area contributed by atoms with Gasteiger partial charge in [0.1, 0.15) is 6.10 Å². The van der Waals surface area contributed by atoms with E-state index in [-0.39, 0.29) is 18.8 Å². The molecule has 0 saturated carbocycles. The first kappa shape index (κ1) is 18.4. The molecule has 0 unspecified atom stereocenters. The maximum absolute atomic E-state index is 14.2. The number of alkyl halides is 2. The highest BCUT2D eigenvalue weighted by Crippen LogP contribution is 2.37. The molecule has 0 aliphatic carbocycles. The molecule has 2 aromatic carbocycles. The van der Waals surface area contributed by atoms with Gasteiger partial charge in [0.15, 0.2) is 6.10 Å². The average Bonchev–Trinajstić information content (AvgIpc) is 2.86. The van der Waals surface area contributed by atoms with Crippen molar-refractivity contribution >= 4 is 5.97 Å². The molecular weight excluding hydrogens is 346 g/mol. The van der Waals surface area contributed by atoms with Crippen LogP contribution in [-0.2, 0) is 20.8 Å². The number of halogens is 2. The van der Waals surface area contributed by atoms with Gasteiger partial charge in [0.25, 0.3) is 0 Å². The van der Waals surface area contributed by atoms with E-state index in [2.05, 4.69) is 0 Å². The van der Waals surface area contributed by atoms with Crippen LogP contribution in [0.5, 0.6) is 0 Å². The Morgan fingerprint density at radius 3 is 2.35 bits per heavy atom. The summed E-state index contributed by atoms with van der Waals surface area (Å²) >= 11 is 0. The summed E-state index contributed by atoms with van der Waals surface area (Å²) < 4.78 is 43.6. The number of ether oxygens (including phenoxy) is 3. The molecule has 1 heterocycles. The molecule has 138 valence electrons. The average molecular weight is 364 g/mol. The molecule has 1 N–H and O–H groups in total. The number of hydrogen-bond donors (Lipinski definition) is 1. The first-order chi connectivity index (χ1) is 12.5. The fourth-order valence-corrected chi connectivity index (χ4v) is 2.62. The second-order valence-corrected chi connectivity index (χ2v) is 5.89. The van der Waals surface area contributed by atoms with Crippen LogP contribution >= 0.6 is 0 Å². The Hall–Kier alpha value is -2.35. The molecule has 7 heteroatoms. The molecule has 0 spiro atoms. The van der Waals surface area contributed by atoms with Crippen LogP contribution in [0.15, 0.2) is 60.7 Å². The molecule has 0 radical (unpaired) electrons. The summed E-state index contributed by atoms with van der Waals surface area (Å²) in [5.41, 5.74) is 0.990. The van der Waals surface area contributed by atoms with Gasteiger partial charge in [-0.1, -0.05) is 48.5 Å². The number of aliphatic hydroxyl groups excluding tert-OH is 1. The number of rotatable bonds is 6. The zero-order valence-corrected chi connectivity index (χ0v) is 13.8. The summed E-state index contributed by atoms with van der Waals surface area (Å²) in [4.78, 5) is 12.1. The number of esters is 1. The lowest BCUT2D eigenvalue weighted by Crippen LogP contribution is -2.44. The monoisotopic (exact) mass is 364 g/mol. The van der Waals surface area contributed by atoms with Crippen molar-refractivity contribution in [3.05, 3.63) is 71.8 Å². The normalized spacial score (nSPS) is 24.3. The molecule has 1 fully saturated rings. The van der Waals surface area contributed by atoms with Crippen molar-refractivity contribution < 1.29 is 32.9 Å². The number of aliphatic hydroxyl groups is 1. The Balaban J connectivity index is 1.64. The number of hydrogen-bond acceptors (Lipinski definition) is 5. The number of carbonyl (C=O) groups is 1. The molecule has 0 bridgehead atoms. The van der Waals surface area contributed by atoms with Gasteiger partial charge in [0.05, 0.1) is 18.8 Å².